The molecule has 0 radical (unpaired) electrons. The molecule has 0 saturated carbocycles. The van der Waals surface area contributed by atoms with E-state index in [-0.39, 0.29) is 41.2 Å². The normalized spacial score (nSPS) is 11.9. The fourth-order valence-corrected chi connectivity index (χ4v) is 4.90. The molecule has 0 saturated heterocycles. The SMILES string of the molecule is Cc1n(C(c2ccccc2)c2ccc3oc4ccccc4c3c2)cc[n+]1CC(=O)c1ccc(F)cc1.[Br-]. The molecule has 2 heterocycles. The second-order valence-electron chi connectivity index (χ2n) is 8.98. The number of carbonyl (C=O) groups is 1. The van der Waals surface area contributed by atoms with Crippen LogP contribution >= 0.6 is 0 Å². The molecule has 37 heavy (non-hydrogen) atoms. The first-order valence-electron chi connectivity index (χ1n) is 11.9. The Morgan fingerprint density at radius 1 is 0.865 bits per heavy atom. The summed E-state index contributed by atoms with van der Waals surface area (Å²) in [6.45, 7) is 2.19. The van der Waals surface area contributed by atoms with Crippen molar-refractivity contribution in [1.29, 1.82) is 0 Å². The molecule has 0 N–H and O–H groups in total. The van der Waals surface area contributed by atoms with E-state index in [2.05, 4.69) is 34.9 Å². The quantitative estimate of drug-likeness (QED) is 0.233. The van der Waals surface area contributed by atoms with Crippen LogP contribution in [-0.2, 0) is 6.54 Å². The third-order valence-electron chi connectivity index (χ3n) is 6.79. The zero-order chi connectivity index (χ0) is 24.6. The van der Waals surface area contributed by atoms with Crippen molar-refractivity contribution < 1.29 is 35.2 Å². The van der Waals surface area contributed by atoms with Crippen LogP contribution in [0.25, 0.3) is 21.9 Å². The topological polar surface area (TPSA) is 39.0 Å². The molecule has 0 aliphatic rings. The van der Waals surface area contributed by atoms with Gasteiger partial charge in [0.25, 0.3) is 5.82 Å². The number of benzene rings is 4. The van der Waals surface area contributed by atoms with E-state index in [1.807, 2.05) is 66.3 Å². The fourth-order valence-electron chi connectivity index (χ4n) is 4.90. The van der Waals surface area contributed by atoms with Crippen molar-refractivity contribution in [3.63, 3.8) is 0 Å². The molecular formula is C31H24BrFN2O2. The molecule has 0 aliphatic heterocycles. The van der Waals surface area contributed by atoms with Crippen molar-refractivity contribution in [2.45, 2.75) is 19.5 Å². The van der Waals surface area contributed by atoms with Gasteiger partial charge in [-0.05, 0) is 42.5 Å². The maximum absolute atomic E-state index is 13.3. The van der Waals surface area contributed by atoms with Gasteiger partial charge in [-0.2, -0.15) is 0 Å². The van der Waals surface area contributed by atoms with Crippen molar-refractivity contribution in [3.8, 4) is 0 Å². The summed E-state index contributed by atoms with van der Waals surface area (Å²) in [6, 6.07) is 30.3. The number of carbonyl (C=O) groups excluding carboxylic acids is 1. The van der Waals surface area contributed by atoms with Crippen LogP contribution in [0.5, 0.6) is 0 Å². The number of aromatic nitrogens is 2. The van der Waals surface area contributed by atoms with Gasteiger partial charge in [0, 0.05) is 34.4 Å². The van der Waals surface area contributed by atoms with Crippen molar-refractivity contribution in [2.24, 2.45) is 0 Å². The number of imidazole rings is 1. The van der Waals surface area contributed by atoms with Crippen LogP contribution in [0, 0.1) is 12.7 Å². The largest absolute Gasteiger partial charge is 1.00 e. The summed E-state index contributed by atoms with van der Waals surface area (Å²) in [6.07, 6.45) is 3.95. The van der Waals surface area contributed by atoms with E-state index >= 15 is 0 Å². The van der Waals surface area contributed by atoms with Crippen LogP contribution in [0.2, 0.25) is 0 Å². The number of ketones is 1. The summed E-state index contributed by atoms with van der Waals surface area (Å²) in [5.41, 5.74) is 4.48. The van der Waals surface area contributed by atoms with E-state index in [0.717, 1.165) is 38.9 Å². The summed E-state index contributed by atoms with van der Waals surface area (Å²) in [7, 11) is 0. The first kappa shape index (κ1) is 24.7. The number of halogens is 2. The minimum absolute atomic E-state index is 0. The molecule has 0 bridgehead atoms. The van der Waals surface area contributed by atoms with Gasteiger partial charge >= 0.3 is 0 Å². The molecule has 6 rings (SSSR count). The predicted molar refractivity (Wildman–Crippen MR) is 137 cm³/mol. The predicted octanol–water partition coefficient (Wildman–Crippen LogP) is 3.65. The van der Waals surface area contributed by atoms with E-state index < -0.39 is 0 Å². The second kappa shape index (κ2) is 10.1. The van der Waals surface area contributed by atoms with Gasteiger partial charge in [0.15, 0.2) is 12.6 Å². The Morgan fingerprint density at radius 2 is 1.57 bits per heavy atom. The summed E-state index contributed by atoms with van der Waals surface area (Å²) in [5.74, 6) is 0.523. The Morgan fingerprint density at radius 3 is 2.35 bits per heavy atom. The van der Waals surface area contributed by atoms with E-state index in [9.17, 15) is 9.18 Å². The summed E-state index contributed by atoms with van der Waals surface area (Å²) < 4.78 is 23.5. The Labute approximate surface area is 224 Å². The lowest BCUT2D eigenvalue weighted by atomic mass is 9.96. The molecule has 4 nitrogen and oxygen atoms in total. The van der Waals surface area contributed by atoms with E-state index in [1.54, 1.807) is 0 Å². The van der Waals surface area contributed by atoms with E-state index in [4.69, 9.17) is 4.42 Å². The lowest BCUT2D eigenvalue weighted by Crippen LogP contribution is -3.00. The molecule has 0 aliphatic carbocycles. The van der Waals surface area contributed by atoms with Gasteiger partial charge in [0.1, 0.15) is 29.4 Å². The average Bonchev–Trinajstić information content (AvgIpc) is 3.45. The van der Waals surface area contributed by atoms with Gasteiger partial charge in [-0.15, -0.1) is 0 Å². The van der Waals surface area contributed by atoms with Crippen molar-refractivity contribution >= 4 is 27.7 Å². The molecule has 6 heteroatoms. The van der Waals surface area contributed by atoms with Gasteiger partial charge in [-0.25, -0.2) is 13.5 Å². The number of Topliss-reactive ketones (excluding diaryl/α,β-unsaturated/α-hetero) is 1. The molecule has 6 aromatic rings. The number of hydrogen-bond donors (Lipinski definition) is 0. The third-order valence-corrected chi connectivity index (χ3v) is 6.79. The highest BCUT2D eigenvalue weighted by molar-refractivity contribution is 6.05. The molecule has 1 unspecified atom stereocenters. The Bertz CT molecular complexity index is 1700. The van der Waals surface area contributed by atoms with Crippen LogP contribution in [0.15, 0.2) is 114 Å². The molecule has 0 spiro atoms. The van der Waals surface area contributed by atoms with Crippen LogP contribution in [0.1, 0.15) is 33.4 Å². The zero-order valence-corrected chi connectivity index (χ0v) is 21.7. The lowest BCUT2D eigenvalue weighted by molar-refractivity contribution is -0.688. The Balaban J connectivity index is 0.00000280. The van der Waals surface area contributed by atoms with Gasteiger partial charge in [0.2, 0.25) is 5.78 Å². The van der Waals surface area contributed by atoms with Crippen molar-refractivity contribution in [1.82, 2.24) is 4.57 Å². The number of para-hydroxylation sites is 1. The van der Waals surface area contributed by atoms with Gasteiger partial charge in [-0.3, -0.25) is 4.79 Å². The lowest BCUT2D eigenvalue weighted by Gasteiger charge is -2.17. The van der Waals surface area contributed by atoms with Crippen LogP contribution in [0.3, 0.4) is 0 Å². The zero-order valence-electron chi connectivity index (χ0n) is 20.1. The molecule has 184 valence electrons. The van der Waals surface area contributed by atoms with Crippen molar-refractivity contribution in [3.05, 3.63) is 138 Å². The van der Waals surface area contributed by atoms with Gasteiger partial charge in [0.05, 0.1) is 0 Å². The molecule has 1 atom stereocenters. The molecule has 0 amide bonds. The number of furan rings is 1. The van der Waals surface area contributed by atoms with Crippen LogP contribution < -0.4 is 21.5 Å². The third kappa shape index (κ3) is 4.60. The highest BCUT2D eigenvalue weighted by Crippen LogP contribution is 2.34. The minimum Gasteiger partial charge on any atom is -1.00 e. The second-order valence-corrected chi connectivity index (χ2v) is 8.98. The van der Waals surface area contributed by atoms with Crippen LogP contribution in [0.4, 0.5) is 4.39 Å². The highest BCUT2D eigenvalue weighted by atomic mass is 79.9. The number of fused-ring (bicyclic) bond motifs is 3. The average molecular weight is 555 g/mol. The summed E-state index contributed by atoms with van der Waals surface area (Å²) in [5, 5.41) is 2.17. The smallest absolute Gasteiger partial charge is 0.254 e. The standard InChI is InChI=1S/C31H24FN2O2.BrH/c1-21-33(20-28(35)22-11-14-25(32)15-12-22)17-18-34(21)31(23-7-3-2-4-8-23)24-13-16-30-27(19-24)26-9-5-6-10-29(26)36-30;/h2-19,31H,20H2,1H3;1H/q+1;/p-1. The highest BCUT2D eigenvalue weighted by Gasteiger charge is 2.27. The van der Waals surface area contributed by atoms with E-state index in [0.29, 0.717) is 5.56 Å². The molecule has 2 aromatic heterocycles. The number of nitrogens with zero attached hydrogens (tertiary/aromatic N) is 2. The number of rotatable bonds is 6. The first-order valence-corrected chi connectivity index (χ1v) is 11.9. The summed E-state index contributed by atoms with van der Waals surface area (Å²) in [4.78, 5) is 12.9. The fraction of sp³-hybridized carbons (Fsp3) is 0.0968. The molecule has 4 aromatic carbocycles. The number of hydrogen-bond acceptors (Lipinski definition) is 2. The first-order chi connectivity index (χ1) is 17.6. The van der Waals surface area contributed by atoms with E-state index in [1.165, 1.54) is 24.3 Å². The maximum atomic E-state index is 13.3. The Kier molecular flexibility index (Phi) is 6.76. The van der Waals surface area contributed by atoms with Gasteiger partial charge in [-0.1, -0.05) is 54.6 Å². The monoisotopic (exact) mass is 554 g/mol. The summed E-state index contributed by atoms with van der Waals surface area (Å²) >= 11 is 0. The molecule has 0 fully saturated rings. The minimum atomic E-state index is -0.352. The van der Waals surface area contributed by atoms with Gasteiger partial charge < -0.3 is 21.4 Å². The maximum Gasteiger partial charge on any atom is 0.254 e. The van der Waals surface area contributed by atoms with Crippen LogP contribution in [-0.4, -0.2) is 10.4 Å². The Hall–Kier alpha value is -4.03. The van der Waals surface area contributed by atoms with Crippen molar-refractivity contribution in [2.75, 3.05) is 0 Å². The molecular weight excluding hydrogens is 531 g/mol.